The predicted molar refractivity (Wildman–Crippen MR) is 56.2 cm³/mol. The van der Waals surface area contributed by atoms with Crippen molar-refractivity contribution in [1.29, 1.82) is 5.26 Å². The van der Waals surface area contributed by atoms with Crippen LogP contribution in [0.2, 0.25) is 0 Å². The van der Waals surface area contributed by atoms with Crippen LogP contribution in [0.3, 0.4) is 0 Å². The minimum atomic E-state index is -0.404. The van der Waals surface area contributed by atoms with Crippen LogP contribution in [-0.4, -0.2) is 6.04 Å². The summed E-state index contributed by atoms with van der Waals surface area (Å²) >= 11 is 0. The lowest BCUT2D eigenvalue weighted by atomic mass is 10.1. The third kappa shape index (κ3) is 3.42. The first-order valence-corrected chi connectivity index (χ1v) is 4.55. The molecule has 0 fully saturated rings. The normalized spacial score (nSPS) is 11.5. The largest absolute Gasteiger partial charge is 0.300 e. The fraction of sp³-hybridized carbons (Fsp3) is 0.250. The molecule has 3 heteroatoms. The van der Waals surface area contributed by atoms with Crippen LogP contribution >= 0.6 is 0 Å². The van der Waals surface area contributed by atoms with E-state index in [2.05, 4.69) is 11.2 Å². The smallest absolute Gasteiger partial charge is 0.124 e. The molecule has 1 aromatic rings. The molecule has 76 valence electrons. The molecule has 0 aliphatic rings. The van der Waals surface area contributed by atoms with E-state index in [0.29, 0.717) is 17.7 Å². The summed E-state index contributed by atoms with van der Waals surface area (Å²) in [6.45, 7) is 2.29. The number of nitriles is 1. The standard InChI is InChI=1S/C12H11FN2/c1-3-9(2)15-8-11-4-10(7-14)5-12(13)6-11/h1,4-6,9,15H,8H2,2H3. The third-order valence-corrected chi connectivity index (χ3v) is 1.95. The van der Waals surface area contributed by atoms with Crippen LogP contribution in [0, 0.1) is 29.5 Å². The summed E-state index contributed by atoms with van der Waals surface area (Å²) in [5.74, 6) is 2.11. The van der Waals surface area contributed by atoms with Crippen LogP contribution < -0.4 is 5.32 Å². The molecule has 0 radical (unpaired) electrons. The molecule has 0 spiro atoms. The van der Waals surface area contributed by atoms with Gasteiger partial charge in [0.05, 0.1) is 17.7 Å². The molecule has 1 rings (SSSR count). The van der Waals surface area contributed by atoms with Crippen molar-refractivity contribution in [2.45, 2.75) is 19.5 Å². The number of hydrogen-bond donors (Lipinski definition) is 1. The monoisotopic (exact) mass is 202 g/mol. The van der Waals surface area contributed by atoms with Gasteiger partial charge < -0.3 is 0 Å². The van der Waals surface area contributed by atoms with Gasteiger partial charge in [0, 0.05) is 6.54 Å². The van der Waals surface area contributed by atoms with E-state index in [-0.39, 0.29) is 6.04 Å². The minimum absolute atomic E-state index is 0.0706. The van der Waals surface area contributed by atoms with Crippen molar-refractivity contribution in [2.75, 3.05) is 0 Å². The van der Waals surface area contributed by atoms with Gasteiger partial charge in [-0.25, -0.2) is 4.39 Å². The molecule has 1 atom stereocenters. The maximum absolute atomic E-state index is 13.0. The lowest BCUT2D eigenvalue weighted by Crippen LogP contribution is -2.23. The summed E-state index contributed by atoms with van der Waals surface area (Å²) in [5, 5.41) is 11.7. The molecule has 0 aromatic heterocycles. The van der Waals surface area contributed by atoms with Crippen molar-refractivity contribution in [3.05, 3.63) is 35.1 Å². The number of nitrogens with zero attached hydrogens (tertiary/aromatic N) is 1. The maximum Gasteiger partial charge on any atom is 0.124 e. The van der Waals surface area contributed by atoms with Crippen LogP contribution in [0.4, 0.5) is 4.39 Å². The zero-order valence-electron chi connectivity index (χ0n) is 8.42. The highest BCUT2D eigenvalue weighted by Gasteiger charge is 2.01. The van der Waals surface area contributed by atoms with E-state index >= 15 is 0 Å². The van der Waals surface area contributed by atoms with Crippen molar-refractivity contribution in [2.24, 2.45) is 0 Å². The average Bonchev–Trinajstić information content (AvgIpc) is 2.25. The highest BCUT2D eigenvalue weighted by atomic mass is 19.1. The van der Waals surface area contributed by atoms with E-state index in [4.69, 9.17) is 11.7 Å². The Balaban J connectivity index is 2.75. The molecule has 0 bridgehead atoms. The summed E-state index contributed by atoms with van der Waals surface area (Å²) in [4.78, 5) is 0. The molecule has 1 aromatic carbocycles. The molecule has 0 aliphatic heterocycles. The Hall–Kier alpha value is -1.84. The van der Waals surface area contributed by atoms with Crippen LogP contribution in [0.1, 0.15) is 18.1 Å². The van der Waals surface area contributed by atoms with Crippen molar-refractivity contribution in [1.82, 2.24) is 5.32 Å². The molecule has 0 saturated heterocycles. The Morgan fingerprint density at radius 2 is 2.27 bits per heavy atom. The van der Waals surface area contributed by atoms with E-state index in [0.717, 1.165) is 0 Å². The third-order valence-electron chi connectivity index (χ3n) is 1.95. The number of rotatable bonds is 3. The number of hydrogen-bond acceptors (Lipinski definition) is 2. The Kier molecular flexibility index (Phi) is 3.85. The van der Waals surface area contributed by atoms with E-state index in [1.165, 1.54) is 12.1 Å². The summed E-state index contributed by atoms with van der Waals surface area (Å²) in [5.41, 5.74) is 1.04. The van der Waals surface area contributed by atoms with Gasteiger partial charge in [-0.15, -0.1) is 6.42 Å². The van der Waals surface area contributed by atoms with Crippen molar-refractivity contribution >= 4 is 0 Å². The van der Waals surface area contributed by atoms with E-state index in [1.807, 2.05) is 13.0 Å². The first-order chi connectivity index (χ1) is 7.15. The van der Waals surface area contributed by atoms with E-state index < -0.39 is 5.82 Å². The van der Waals surface area contributed by atoms with Crippen LogP contribution in [0.15, 0.2) is 18.2 Å². The van der Waals surface area contributed by atoms with Gasteiger partial charge >= 0.3 is 0 Å². The summed E-state index contributed by atoms with van der Waals surface area (Å²) in [6.07, 6.45) is 5.18. The Morgan fingerprint density at radius 1 is 1.53 bits per heavy atom. The van der Waals surface area contributed by atoms with Gasteiger partial charge in [0.1, 0.15) is 5.82 Å². The first kappa shape index (κ1) is 11.2. The maximum atomic E-state index is 13.0. The highest BCUT2D eigenvalue weighted by molar-refractivity contribution is 5.33. The molecular formula is C12H11FN2. The summed E-state index contributed by atoms with van der Waals surface area (Å²) in [7, 11) is 0. The Bertz CT molecular complexity index is 426. The Morgan fingerprint density at radius 3 is 2.87 bits per heavy atom. The topological polar surface area (TPSA) is 35.8 Å². The molecule has 0 heterocycles. The minimum Gasteiger partial charge on any atom is -0.300 e. The number of terminal acetylenes is 1. The van der Waals surface area contributed by atoms with E-state index in [1.54, 1.807) is 6.07 Å². The molecule has 0 aliphatic carbocycles. The first-order valence-electron chi connectivity index (χ1n) is 4.55. The molecular weight excluding hydrogens is 191 g/mol. The highest BCUT2D eigenvalue weighted by Crippen LogP contribution is 2.08. The van der Waals surface area contributed by atoms with Gasteiger partial charge in [0.2, 0.25) is 0 Å². The molecule has 2 nitrogen and oxygen atoms in total. The van der Waals surface area contributed by atoms with Gasteiger partial charge in [-0.3, -0.25) is 5.32 Å². The van der Waals surface area contributed by atoms with Gasteiger partial charge in [-0.2, -0.15) is 5.26 Å². The van der Waals surface area contributed by atoms with Gasteiger partial charge in [0.15, 0.2) is 0 Å². The zero-order valence-corrected chi connectivity index (χ0v) is 8.42. The SMILES string of the molecule is C#CC(C)NCc1cc(F)cc(C#N)c1. The number of nitrogens with one attached hydrogen (secondary N) is 1. The molecule has 1 N–H and O–H groups in total. The van der Waals surface area contributed by atoms with Crippen LogP contribution in [0.25, 0.3) is 0 Å². The Labute approximate surface area is 88.7 Å². The predicted octanol–water partition coefficient (Wildman–Crippen LogP) is 1.81. The quantitative estimate of drug-likeness (QED) is 0.759. The van der Waals surface area contributed by atoms with Crippen molar-refractivity contribution in [3.63, 3.8) is 0 Å². The second-order valence-corrected chi connectivity index (χ2v) is 3.23. The molecule has 0 amide bonds. The number of halogens is 1. The number of benzene rings is 1. The summed E-state index contributed by atoms with van der Waals surface area (Å²) < 4.78 is 13.0. The van der Waals surface area contributed by atoms with Crippen LogP contribution in [-0.2, 0) is 6.54 Å². The molecule has 15 heavy (non-hydrogen) atoms. The van der Waals surface area contributed by atoms with Gasteiger partial charge in [0.25, 0.3) is 0 Å². The van der Waals surface area contributed by atoms with Crippen molar-refractivity contribution < 1.29 is 4.39 Å². The lowest BCUT2D eigenvalue weighted by molar-refractivity contribution is 0.613. The second kappa shape index (κ2) is 5.14. The lowest BCUT2D eigenvalue weighted by Gasteiger charge is -2.07. The van der Waals surface area contributed by atoms with Crippen LogP contribution in [0.5, 0.6) is 0 Å². The molecule has 0 saturated carbocycles. The fourth-order valence-corrected chi connectivity index (χ4v) is 1.15. The fourth-order valence-electron chi connectivity index (χ4n) is 1.15. The van der Waals surface area contributed by atoms with Gasteiger partial charge in [-0.05, 0) is 30.7 Å². The average molecular weight is 202 g/mol. The summed E-state index contributed by atoms with van der Waals surface area (Å²) in [6, 6.07) is 6.06. The molecule has 1 unspecified atom stereocenters. The second-order valence-electron chi connectivity index (χ2n) is 3.23. The van der Waals surface area contributed by atoms with E-state index in [9.17, 15) is 4.39 Å². The van der Waals surface area contributed by atoms with Gasteiger partial charge in [-0.1, -0.05) is 5.92 Å². The zero-order chi connectivity index (χ0) is 11.3. The van der Waals surface area contributed by atoms with Crippen molar-refractivity contribution in [3.8, 4) is 18.4 Å².